The van der Waals surface area contributed by atoms with E-state index >= 15 is 0 Å². The van der Waals surface area contributed by atoms with Gasteiger partial charge in [-0.05, 0) is 74.9 Å². The Kier molecular flexibility index (Phi) is 10.8. The Morgan fingerprint density at radius 2 is 1.41 bits per heavy atom. The van der Waals surface area contributed by atoms with Crippen LogP contribution in [0.2, 0.25) is 0 Å². The van der Waals surface area contributed by atoms with Crippen molar-refractivity contribution in [3.63, 3.8) is 0 Å². The van der Waals surface area contributed by atoms with Crippen LogP contribution in [0.3, 0.4) is 0 Å². The maximum Gasteiger partial charge on any atom is 0.417 e. The summed E-state index contributed by atoms with van der Waals surface area (Å²) in [5, 5.41) is 0. The van der Waals surface area contributed by atoms with Gasteiger partial charge in [0, 0.05) is 18.5 Å². The number of carbonyl (C=O) groups is 3. The van der Waals surface area contributed by atoms with E-state index in [1.807, 2.05) is 0 Å². The summed E-state index contributed by atoms with van der Waals surface area (Å²) >= 11 is 0. The van der Waals surface area contributed by atoms with Gasteiger partial charge in [0.25, 0.3) is 5.91 Å². The van der Waals surface area contributed by atoms with Crippen molar-refractivity contribution in [2.24, 2.45) is 0 Å². The Labute approximate surface area is 291 Å². The Balaban J connectivity index is 1.54. The maximum absolute atomic E-state index is 14.3. The van der Waals surface area contributed by atoms with E-state index in [1.165, 1.54) is 4.90 Å². The highest BCUT2D eigenvalue weighted by Crippen LogP contribution is 2.41. The topological polar surface area (TPSA) is 85.4 Å². The number of rotatable bonds is 8. The number of carbonyl (C=O) groups excluding carboxylic acids is 3. The zero-order valence-corrected chi connectivity index (χ0v) is 28.2. The molecule has 3 aromatic carbocycles. The first-order valence-electron chi connectivity index (χ1n) is 16.3. The third-order valence-corrected chi connectivity index (χ3v) is 8.93. The third-order valence-electron chi connectivity index (χ3n) is 8.93. The third kappa shape index (κ3) is 9.02. The van der Waals surface area contributed by atoms with Gasteiger partial charge >= 0.3 is 24.5 Å². The largest absolute Gasteiger partial charge is 0.447 e. The average molecular weight is 721 g/mol. The predicted octanol–water partition coefficient (Wildman–Crippen LogP) is 8.34. The molecule has 0 spiro atoms. The van der Waals surface area contributed by atoms with Crippen LogP contribution in [0.5, 0.6) is 0 Å². The van der Waals surface area contributed by atoms with Crippen LogP contribution in [0.15, 0.2) is 78.9 Å². The van der Waals surface area contributed by atoms with Gasteiger partial charge in [-0.1, -0.05) is 60.7 Å². The zero-order valence-electron chi connectivity index (χ0n) is 28.2. The number of likely N-dealkylation sites (tertiary alicyclic amines) is 1. The molecule has 2 fully saturated rings. The van der Waals surface area contributed by atoms with Crippen LogP contribution >= 0.6 is 0 Å². The Hall–Kier alpha value is -4.59. The monoisotopic (exact) mass is 720 g/mol. The number of nitrogens with zero attached hydrogens (tertiary/aromatic N) is 2. The van der Waals surface area contributed by atoms with Crippen molar-refractivity contribution in [3.8, 4) is 0 Å². The van der Waals surface area contributed by atoms with E-state index in [0.717, 1.165) is 5.56 Å². The molecular weight excluding hydrogens is 682 g/mol. The van der Waals surface area contributed by atoms with E-state index in [-0.39, 0.29) is 51.6 Å². The van der Waals surface area contributed by atoms with Gasteiger partial charge in [-0.3, -0.25) is 4.79 Å². The van der Waals surface area contributed by atoms with E-state index in [9.17, 15) is 40.7 Å². The molecule has 0 radical (unpaired) electrons. The second-order valence-electron chi connectivity index (χ2n) is 13.8. The fraction of sp³-hybridized carbons (Fsp3) is 0.432. The number of imide groups is 1. The van der Waals surface area contributed by atoms with Crippen LogP contribution < -0.4 is 0 Å². The second-order valence-corrected chi connectivity index (χ2v) is 13.8. The highest BCUT2D eigenvalue weighted by molar-refractivity contribution is 5.96. The molecule has 3 aromatic rings. The molecule has 2 aliphatic rings. The molecule has 8 nitrogen and oxygen atoms in total. The number of amides is 3. The quantitative estimate of drug-likeness (QED) is 0.218. The zero-order chi connectivity index (χ0) is 37.2. The lowest BCUT2D eigenvalue weighted by molar-refractivity contribution is -0.147. The molecule has 0 aromatic heterocycles. The van der Waals surface area contributed by atoms with E-state index in [1.54, 1.807) is 81.4 Å². The van der Waals surface area contributed by atoms with E-state index in [0.29, 0.717) is 22.6 Å². The summed E-state index contributed by atoms with van der Waals surface area (Å²) in [7, 11) is 0. The predicted molar refractivity (Wildman–Crippen MR) is 172 cm³/mol. The Bertz CT molecular complexity index is 1670. The fourth-order valence-electron chi connectivity index (χ4n) is 6.33. The van der Waals surface area contributed by atoms with Crippen LogP contribution in [0.1, 0.15) is 67.5 Å². The number of alkyl halides is 6. The normalized spacial score (nSPS) is 18.7. The number of benzene rings is 3. The van der Waals surface area contributed by atoms with Gasteiger partial charge in [0.1, 0.15) is 12.2 Å². The van der Waals surface area contributed by atoms with Crippen molar-refractivity contribution in [1.82, 2.24) is 9.80 Å². The van der Waals surface area contributed by atoms with Crippen molar-refractivity contribution in [2.75, 3.05) is 26.3 Å². The summed E-state index contributed by atoms with van der Waals surface area (Å²) in [6, 6.07) is 17.5. The SMILES string of the molecule is CC(C)(C)OC(=O)N1CCC(CO[C@H](C(=O)N2C(=O)OC[C@@H]2Cc2ccccc2)c2cc(C(F)(F)F)cc(C(F)(F)F)c2)(c2ccccc2)CC1. The molecule has 0 N–H and O–H groups in total. The highest BCUT2D eigenvalue weighted by atomic mass is 19.4. The van der Waals surface area contributed by atoms with Gasteiger partial charge in [0.2, 0.25) is 0 Å². The molecule has 274 valence electrons. The van der Waals surface area contributed by atoms with Crippen molar-refractivity contribution in [3.05, 3.63) is 107 Å². The molecule has 0 aliphatic carbocycles. The van der Waals surface area contributed by atoms with Crippen molar-refractivity contribution >= 4 is 18.1 Å². The molecule has 0 saturated carbocycles. The van der Waals surface area contributed by atoms with Crippen LogP contribution in [-0.2, 0) is 43.2 Å². The first kappa shape index (κ1) is 37.7. The van der Waals surface area contributed by atoms with Gasteiger partial charge < -0.3 is 19.1 Å². The van der Waals surface area contributed by atoms with Crippen LogP contribution in [-0.4, -0.2) is 65.8 Å². The number of hydrogen-bond acceptors (Lipinski definition) is 6. The molecule has 2 heterocycles. The lowest BCUT2D eigenvalue weighted by Gasteiger charge is -2.43. The summed E-state index contributed by atoms with van der Waals surface area (Å²) in [5.41, 5.74) is -4.24. The molecule has 0 unspecified atom stereocenters. The molecule has 2 aliphatic heterocycles. The summed E-state index contributed by atoms with van der Waals surface area (Å²) in [5.74, 6) is -1.17. The van der Waals surface area contributed by atoms with E-state index in [2.05, 4.69) is 0 Å². The fourth-order valence-corrected chi connectivity index (χ4v) is 6.33. The molecule has 0 bridgehead atoms. The lowest BCUT2D eigenvalue weighted by Crippen LogP contribution is -2.49. The summed E-state index contributed by atoms with van der Waals surface area (Å²) in [6.45, 7) is 4.97. The standard InChI is InChI=1S/C37H38F6N2O6/c1-34(2,3)51-32(47)44-16-14-35(15-17-44,26-12-8-5-9-13-26)23-50-30(25-19-27(36(38,39)40)21-28(20-25)37(41,42)43)31(46)45-29(22-49-33(45)48)18-24-10-6-4-7-11-24/h4-13,19-21,29-30H,14-18,22-23H2,1-3H3/t29-,30-/m0/s1. The maximum atomic E-state index is 14.3. The van der Waals surface area contributed by atoms with E-state index in [4.69, 9.17) is 14.2 Å². The Morgan fingerprint density at radius 1 is 0.863 bits per heavy atom. The van der Waals surface area contributed by atoms with Gasteiger partial charge in [-0.2, -0.15) is 26.3 Å². The average Bonchev–Trinajstić information content (AvgIpc) is 3.43. The minimum atomic E-state index is -5.20. The number of hydrogen-bond donors (Lipinski definition) is 0. The molecule has 14 heteroatoms. The minimum absolute atomic E-state index is 0.0365. The molecule has 2 saturated heterocycles. The minimum Gasteiger partial charge on any atom is -0.447 e. The molecule has 3 amide bonds. The van der Waals surface area contributed by atoms with Crippen molar-refractivity contribution < 1.29 is 54.9 Å². The Morgan fingerprint density at radius 3 is 1.94 bits per heavy atom. The molecule has 2 atom stereocenters. The second kappa shape index (κ2) is 14.6. The van der Waals surface area contributed by atoms with Crippen LogP contribution in [0.4, 0.5) is 35.9 Å². The molecule has 51 heavy (non-hydrogen) atoms. The van der Waals surface area contributed by atoms with Crippen LogP contribution in [0, 0.1) is 0 Å². The number of halogens is 6. The smallest absolute Gasteiger partial charge is 0.417 e. The molecular formula is C37H38F6N2O6. The summed E-state index contributed by atoms with van der Waals surface area (Å²) in [6.07, 6.45) is -13.5. The summed E-state index contributed by atoms with van der Waals surface area (Å²) in [4.78, 5) is 42.4. The number of cyclic esters (lactones) is 1. The lowest BCUT2D eigenvalue weighted by atomic mass is 9.73. The van der Waals surface area contributed by atoms with Gasteiger partial charge in [0.15, 0.2) is 6.10 Å². The summed E-state index contributed by atoms with van der Waals surface area (Å²) < 4.78 is 101. The van der Waals surface area contributed by atoms with Crippen molar-refractivity contribution in [1.29, 1.82) is 0 Å². The number of piperidine rings is 1. The first-order chi connectivity index (χ1) is 23.9. The van der Waals surface area contributed by atoms with Gasteiger partial charge in [-0.15, -0.1) is 0 Å². The van der Waals surface area contributed by atoms with E-state index < -0.39 is 70.3 Å². The highest BCUT2D eigenvalue weighted by Gasteiger charge is 2.46. The van der Waals surface area contributed by atoms with Gasteiger partial charge in [0.05, 0.1) is 23.8 Å². The van der Waals surface area contributed by atoms with Crippen LogP contribution in [0.25, 0.3) is 0 Å². The van der Waals surface area contributed by atoms with Gasteiger partial charge in [-0.25, -0.2) is 14.5 Å². The van der Waals surface area contributed by atoms with Crippen molar-refractivity contribution in [2.45, 2.75) is 75.5 Å². The molecule has 5 rings (SSSR count). The first-order valence-corrected chi connectivity index (χ1v) is 16.3. The number of ether oxygens (including phenoxy) is 3.